The number of amides is 1. The third kappa shape index (κ3) is 3.95. The summed E-state index contributed by atoms with van der Waals surface area (Å²) < 4.78 is 13.6. The van der Waals surface area contributed by atoms with E-state index in [9.17, 15) is 9.18 Å². The van der Waals surface area contributed by atoms with Gasteiger partial charge < -0.3 is 11.1 Å². The standard InChI is InChI=1S/C16H16ClFN2O/c1-10-14(18)8-12(9-15(10)19)16(21)20-6-5-11-3-2-4-13(17)7-11/h2-4,7-9H,5-6,19H2,1H3,(H,20,21). The van der Waals surface area contributed by atoms with Crippen LogP contribution in [0, 0.1) is 12.7 Å². The molecule has 3 nitrogen and oxygen atoms in total. The summed E-state index contributed by atoms with van der Waals surface area (Å²) in [6.45, 7) is 2.01. The first-order valence-electron chi connectivity index (χ1n) is 6.55. The fourth-order valence-corrected chi connectivity index (χ4v) is 2.16. The Kier molecular flexibility index (Phi) is 4.81. The summed E-state index contributed by atoms with van der Waals surface area (Å²) in [7, 11) is 0. The molecule has 0 unspecified atom stereocenters. The number of anilines is 1. The van der Waals surface area contributed by atoms with E-state index in [1.807, 2.05) is 18.2 Å². The summed E-state index contributed by atoms with van der Waals surface area (Å²) in [5, 5.41) is 3.40. The molecule has 0 atom stereocenters. The summed E-state index contributed by atoms with van der Waals surface area (Å²) in [6, 6.07) is 10.1. The molecular formula is C16H16ClFN2O. The van der Waals surface area contributed by atoms with Crippen molar-refractivity contribution in [3.05, 3.63) is 63.9 Å². The molecule has 1 amide bonds. The number of nitrogens with two attached hydrogens (primary N) is 1. The van der Waals surface area contributed by atoms with Gasteiger partial charge in [-0.1, -0.05) is 23.7 Å². The zero-order chi connectivity index (χ0) is 15.4. The Morgan fingerprint density at radius 2 is 2.10 bits per heavy atom. The molecule has 0 fully saturated rings. The van der Waals surface area contributed by atoms with E-state index in [2.05, 4.69) is 5.32 Å². The predicted octanol–water partition coefficient (Wildman–Crippen LogP) is 3.34. The van der Waals surface area contributed by atoms with E-state index in [0.29, 0.717) is 23.6 Å². The van der Waals surface area contributed by atoms with Gasteiger partial charge in [0.05, 0.1) is 0 Å². The van der Waals surface area contributed by atoms with Gasteiger partial charge >= 0.3 is 0 Å². The third-order valence-corrected chi connectivity index (χ3v) is 3.47. The molecule has 0 aromatic heterocycles. The minimum absolute atomic E-state index is 0.224. The smallest absolute Gasteiger partial charge is 0.251 e. The average molecular weight is 307 g/mol. The van der Waals surface area contributed by atoms with Crippen molar-refractivity contribution < 1.29 is 9.18 Å². The second-order valence-electron chi connectivity index (χ2n) is 4.81. The lowest BCUT2D eigenvalue weighted by molar-refractivity contribution is 0.0953. The van der Waals surface area contributed by atoms with Crippen LogP contribution in [0.2, 0.25) is 5.02 Å². The van der Waals surface area contributed by atoms with Crippen LogP contribution in [-0.2, 0) is 6.42 Å². The van der Waals surface area contributed by atoms with Crippen molar-refractivity contribution >= 4 is 23.2 Å². The summed E-state index contributed by atoms with van der Waals surface area (Å²) in [5.74, 6) is -0.822. The number of carbonyl (C=O) groups excluding carboxylic acids is 1. The fraction of sp³-hybridized carbons (Fsp3) is 0.188. The van der Waals surface area contributed by atoms with Gasteiger partial charge in [-0.3, -0.25) is 4.79 Å². The summed E-state index contributed by atoms with van der Waals surface area (Å²) in [4.78, 5) is 12.0. The fourth-order valence-electron chi connectivity index (χ4n) is 1.95. The Morgan fingerprint density at radius 3 is 2.76 bits per heavy atom. The lowest BCUT2D eigenvalue weighted by Crippen LogP contribution is -2.26. The Labute approximate surface area is 127 Å². The molecule has 0 saturated heterocycles. The number of hydrogen-bond acceptors (Lipinski definition) is 2. The normalized spacial score (nSPS) is 10.4. The molecule has 21 heavy (non-hydrogen) atoms. The molecule has 0 radical (unpaired) electrons. The quantitative estimate of drug-likeness (QED) is 0.851. The first-order valence-corrected chi connectivity index (χ1v) is 6.93. The van der Waals surface area contributed by atoms with E-state index in [4.69, 9.17) is 17.3 Å². The van der Waals surface area contributed by atoms with Crippen LogP contribution in [0.5, 0.6) is 0 Å². The molecule has 0 aliphatic heterocycles. The van der Waals surface area contributed by atoms with Crippen LogP contribution < -0.4 is 11.1 Å². The topological polar surface area (TPSA) is 55.1 Å². The van der Waals surface area contributed by atoms with Crippen LogP contribution in [0.15, 0.2) is 36.4 Å². The van der Waals surface area contributed by atoms with Crippen molar-refractivity contribution in [1.82, 2.24) is 5.32 Å². The highest BCUT2D eigenvalue weighted by Crippen LogP contribution is 2.17. The highest BCUT2D eigenvalue weighted by atomic mass is 35.5. The van der Waals surface area contributed by atoms with Gasteiger partial charge in [-0.15, -0.1) is 0 Å². The molecule has 0 bridgehead atoms. The minimum atomic E-state index is -0.477. The minimum Gasteiger partial charge on any atom is -0.398 e. The third-order valence-electron chi connectivity index (χ3n) is 3.23. The van der Waals surface area contributed by atoms with Crippen LogP contribution in [0.3, 0.4) is 0 Å². The highest BCUT2D eigenvalue weighted by Gasteiger charge is 2.10. The second-order valence-corrected chi connectivity index (χ2v) is 5.24. The largest absolute Gasteiger partial charge is 0.398 e. The number of carbonyl (C=O) groups is 1. The van der Waals surface area contributed by atoms with Gasteiger partial charge in [0, 0.05) is 28.4 Å². The van der Waals surface area contributed by atoms with Crippen molar-refractivity contribution in [2.24, 2.45) is 0 Å². The lowest BCUT2D eigenvalue weighted by Gasteiger charge is -2.08. The number of halogens is 2. The van der Waals surface area contributed by atoms with E-state index < -0.39 is 5.82 Å². The van der Waals surface area contributed by atoms with Crippen molar-refractivity contribution in [3.8, 4) is 0 Å². The van der Waals surface area contributed by atoms with Crippen LogP contribution >= 0.6 is 11.6 Å². The maximum atomic E-state index is 13.6. The molecule has 2 aromatic carbocycles. The van der Waals surface area contributed by atoms with E-state index in [-0.39, 0.29) is 17.2 Å². The van der Waals surface area contributed by atoms with E-state index in [0.717, 1.165) is 5.56 Å². The van der Waals surface area contributed by atoms with Crippen LogP contribution in [0.1, 0.15) is 21.5 Å². The van der Waals surface area contributed by atoms with Gasteiger partial charge in [0.2, 0.25) is 0 Å². The monoisotopic (exact) mass is 306 g/mol. The number of benzene rings is 2. The molecule has 110 valence electrons. The number of hydrogen-bond donors (Lipinski definition) is 2. The number of rotatable bonds is 4. The number of nitrogen functional groups attached to an aromatic ring is 1. The van der Waals surface area contributed by atoms with Gasteiger partial charge in [-0.2, -0.15) is 0 Å². The molecule has 0 spiro atoms. The van der Waals surface area contributed by atoms with E-state index in [1.54, 1.807) is 13.0 Å². The molecule has 5 heteroatoms. The Bertz CT molecular complexity index is 650. The van der Waals surface area contributed by atoms with Crippen LogP contribution in [0.4, 0.5) is 10.1 Å². The summed E-state index contributed by atoms with van der Waals surface area (Å²) in [6.07, 6.45) is 0.649. The van der Waals surface area contributed by atoms with Crippen molar-refractivity contribution in [2.45, 2.75) is 13.3 Å². The lowest BCUT2D eigenvalue weighted by atomic mass is 10.1. The first kappa shape index (κ1) is 15.3. The zero-order valence-electron chi connectivity index (χ0n) is 11.6. The maximum Gasteiger partial charge on any atom is 0.251 e. The molecule has 0 saturated carbocycles. The molecular weight excluding hydrogens is 291 g/mol. The van der Waals surface area contributed by atoms with Crippen molar-refractivity contribution in [2.75, 3.05) is 12.3 Å². The SMILES string of the molecule is Cc1c(N)cc(C(=O)NCCc2cccc(Cl)c2)cc1F. The molecule has 0 aliphatic rings. The molecule has 2 aromatic rings. The Balaban J connectivity index is 1.96. The molecule has 3 N–H and O–H groups in total. The summed E-state index contributed by atoms with van der Waals surface area (Å²) >= 11 is 5.89. The zero-order valence-corrected chi connectivity index (χ0v) is 12.4. The van der Waals surface area contributed by atoms with Crippen LogP contribution in [0.25, 0.3) is 0 Å². The number of nitrogens with one attached hydrogen (secondary N) is 1. The first-order chi connectivity index (χ1) is 9.97. The van der Waals surface area contributed by atoms with Gasteiger partial charge in [0.25, 0.3) is 5.91 Å². The van der Waals surface area contributed by atoms with Gasteiger partial charge in [0.15, 0.2) is 0 Å². The maximum absolute atomic E-state index is 13.6. The molecule has 2 rings (SSSR count). The average Bonchev–Trinajstić information content (AvgIpc) is 2.44. The van der Waals surface area contributed by atoms with E-state index in [1.165, 1.54) is 12.1 Å². The van der Waals surface area contributed by atoms with Crippen molar-refractivity contribution in [1.29, 1.82) is 0 Å². The van der Waals surface area contributed by atoms with Gasteiger partial charge in [-0.05, 0) is 43.2 Å². The predicted molar refractivity (Wildman–Crippen MR) is 83.0 cm³/mol. The van der Waals surface area contributed by atoms with Gasteiger partial charge in [0.1, 0.15) is 5.82 Å². The van der Waals surface area contributed by atoms with Crippen molar-refractivity contribution in [3.63, 3.8) is 0 Å². The second kappa shape index (κ2) is 6.59. The molecule has 0 aliphatic carbocycles. The van der Waals surface area contributed by atoms with Gasteiger partial charge in [-0.25, -0.2) is 4.39 Å². The Morgan fingerprint density at radius 1 is 1.33 bits per heavy atom. The molecule has 0 heterocycles. The van der Waals surface area contributed by atoms with Crippen LogP contribution in [-0.4, -0.2) is 12.5 Å². The van der Waals surface area contributed by atoms with E-state index >= 15 is 0 Å². The summed E-state index contributed by atoms with van der Waals surface area (Å²) in [5.41, 5.74) is 7.54. The Hall–Kier alpha value is -2.07. The highest BCUT2D eigenvalue weighted by molar-refractivity contribution is 6.30.